The Balaban J connectivity index is 2.02. The summed E-state index contributed by atoms with van der Waals surface area (Å²) in [4.78, 5) is 2.41. The SMILES string of the molecule is CCN1CCC(O)C(Cc2cccc(OC)c2)C1. The minimum atomic E-state index is -0.168. The lowest BCUT2D eigenvalue weighted by Crippen LogP contribution is -2.43. The van der Waals surface area contributed by atoms with Gasteiger partial charge >= 0.3 is 0 Å². The third kappa shape index (κ3) is 3.24. The summed E-state index contributed by atoms with van der Waals surface area (Å²) in [5.74, 6) is 1.23. The minimum Gasteiger partial charge on any atom is -0.497 e. The van der Waals surface area contributed by atoms with Gasteiger partial charge in [-0.2, -0.15) is 0 Å². The molecular formula is C15H23NO2. The topological polar surface area (TPSA) is 32.7 Å². The van der Waals surface area contributed by atoms with Gasteiger partial charge in [0.1, 0.15) is 5.75 Å². The molecule has 1 aromatic rings. The van der Waals surface area contributed by atoms with E-state index in [0.717, 1.165) is 38.2 Å². The maximum atomic E-state index is 10.1. The van der Waals surface area contributed by atoms with Gasteiger partial charge in [0.2, 0.25) is 0 Å². The Morgan fingerprint density at radius 2 is 2.28 bits per heavy atom. The molecule has 1 saturated heterocycles. The second-order valence-electron chi connectivity index (χ2n) is 5.06. The van der Waals surface area contributed by atoms with E-state index < -0.39 is 0 Å². The van der Waals surface area contributed by atoms with Crippen molar-refractivity contribution in [2.75, 3.05) is 26.7 Å². The molecule has 1 fully saturated rings. The van der Waals surface area contributed by atoms with E-state index in [-0.39, 0.29) is 6.10 Å². The van der Waals surface area contributed by atoms with Gasteiger partial charge in [-0.1, -0.05) is 19.1 Å². The quantitative estimate of drug-likeness (QED) is 0.885. The van der Waals surface area contributed by atoms with E-state index in [1.165, 1.54) is 5.56 Å². The molecule has 1 N–H and O–H groups in total. The lowest BCUT2D eigenvalue weighted by molar-refractivity contribution is 0.0290. The third-order valence-electron chi connectivity index (χ3n) is 3.86. The van der Waals surface area contributed by atoms with Crippen molar-refractivity contribution in [1.82, 2.24) is 4.90 Å². The number of benzene rings is 1. The van der Waals surface area contributed by atoms with Crippen molar-refractivity contribution in [3.8, 4) is 5.75 Å². The summed E-state index contributed by atoms with van der Waals surface area (Å²) < 4.78 is 5.24. The Kier molecular flexibility index (Phi) is 4.61. The number of hydrogen-bond acceptors (Lipinski definition) is 3. The largest absolute Gasteiger partial charge is 0.497 e. The fraction of sp³-hybridized carbons (Fsp3) is 0.600. The maximum Gasteiger partial charge on any atom is 0.119 e. The highest BCUT2D eigenvalue weighted by Crippen LogP contribution is 2.23. The summed E-state index contributed by atoms with van der Waals surface area (Å²) in [6.07, 6.45) is 1.65. The van der Waals surface area contributed by atoms with Gasteiger partial charge in [0, 0.05) is 19.0 Å². The van der Waals surface area contributed by atoms with Crippen LogP contribution in [0.2, 0.25) is 0 Å². The number of methoxy groups -OCH3 is 1. The molecule has 0 spiro atoms. The molecule has 100 valence electrons. The van der Waals surface area contributed by atoms with Crippen LogP contribution in [-0.4, -0.2) is 42.9 Å². The first-order valence-electron chi connectivity index (χ1n) is 6.76. The van der Waals surface area contributed by atoms with Gasteiger partial charge in [-0.05, 0) is 37.1 Å². The van der Waals surface area contributed by atoms with E-state index >= 15 is 0 Å². The van der Waals surface area contributed by atoms with Crippen molar-refractivity contribution in [2.24, 2.45) is 5.92 Å². The van der Waals surface area contributed by atoms with Gasteiger partial charge in [0.25, 0.3) is 0 Å². The molecule has 3 heteroatoms. The molecule has 2 atom stereocenters. The van der Waals surface area contributed by atoms with E-state index in [9.17, 15) is 5.11 Å². The summed E-state index contributed by atoms with van der Waals surface area (Å²) in [6, 6.07) is 8.15. The Morgan fingerprint density at radius 3 is 3.00 bits per heavy atom. The summed E-state index contributed by atoms with van der Waals surface area (Å²) in [6.45, 7) is 5.27. The van der Waals surface area contributed by atoms with Gasteiger partial charge < -0.3 is 14.7 Å². The molecule has 1 aromatic carbocycles. The molecule has 0 radical (unpaired) electrons. The van der Waals surface area contributed by atoms with Gasteiger partial charge in [0.05, 0.1) is 13.2 Å². The van der Waals surface area contributed by atoms with Crippen molar-refractivity contribution >= 4 is 0 Å². The van der Waals surface area contributed by atoms with Crippen molar-refractivity contribution in [3.05, 3.63) is 29.8 Å². The Hall–Kier alpha value is -1.06. The summed E-state index contributed by atoms with van der Waals surface area (Å²) in [7, 11) is 1.69. The molecular weight excluding hydrogens is 226 g/mol. The van der Waals surface area contributed by atoms with Crippen molar-refractivity contribution < 1.29 is 9.84 Å². The van der Waals surface area contributed by atoms with Crippen LogP contribution in [0.5, 0.6) is 5.75 Å². The molecule has 3 nitrogen and oxygen atoms in total. The van der Waals surface area contributed by atoms with Gasteiger partial charge in [-0.3, -0.25) is 0 Å². The van der Waals surface area contributed by atoms with Crippen molar-refractivity contribution in [2.45, 2.75) is 25.9 Å². The predicted octanol–water partition coefficient (Wildman–Crippen LogP) is 1.94. The monoisotopic (exact) mass is 249 g/mol. The average Bonchev–Trinajstić information content (AvgIpc) is 2.41. The highest BCUT2D eigenvalue weighted by Gasteiger charge is 2.26. The fourth-order valence-corrected chi connectivity index (χ4v) is 2.69. The van der Waals surface area contributed by atoms with Crippen LogP contribution < -0.4 is 4.74 Å². The molecule has 1 heterocycles. The third-order valence-corrected chi connectivity index (χ3v) is 3.86. The molecule has 0 saturated carbocycles. The number of aliphatic hydroxyl groups excluding tert-OH is 1. The number of ether oxygens (including phenoxy) is 1. The Morgan fingerprint density at radius 1 is 1.44 bits per heavy atom. The number of likely N-dealkylation sites (tertiary alicyclic amines) is 1. The van der Waals surface area contributed by atoms with E-state index in [1.54, 1.807) is 7.11 Å². The summed E-state index contributed by atoms with van der Waals surface area (Å²) in [5, 5.41) is 10.1. The lowest BCUT2D eigenvalue weighted by Gasteiger charge is -2.35. The maximum absolute atomic E-state index is 10.1. The van der Waals surface area contributed by atoms with Crippen molar-refractivity contribution in [3.63, 3.8) is 0 Å². The van der Waals surface area contributed by atoms with Crippen LogP contribution in [0.25, 0.3) is 0 Å². The standard InChI is InChI=1S/C15H23NO2/c1-3-16-8-7-15(17)13(11-16)9-12-5-4-6-14(10-12)18-2/h4-6,10,13,15,17H,3,7-9,11H2,1-2H3. The number of rotatable bonds is 4. The van der Waals surface area contributed by atoms with Gasteiger partial charge in [0.15, 0.2) is 0 Å². The highest BCUT2D eigenvalue weighted by molar-refractivity contribution is 5.28. The first-order valence-corrected chi connectivity index (χ1v) is 6.76. The summed E-state index contributed by atoms with van der Waals surface area (Å²) >= 11 is 0. The first-order chi connectivity index (χ1) is 8.72. The zero-order valence-electron chi connectivity index (χ0n) is 11.3. The van der Waals surface area contributed by atoms with Crippen LogP contribution in [0, 0.1) is 5.92 Å². The van der Waals surface area contributed by atoms with Crippen LogP contribution in [0.3, 0.4) is 0 Å². The van der Waals surface area contributed by atoms with E-state index in [2.05, 4.69) is 24.0 Å². The Labute approximate surface area is 109 Å². The van der Waals surface area contributed by atoms with Crippen molar-refractivity contribution in [1.29, 1.82) is 0 Å². The van der Waals surface area contributed by atoms with Gasteiger partial charge in [-0.15, -0.1) is 0 Å². The molecule has 0 aliphatic carbocycles. The minimum absolute atomic E-state index is 0.168. The molecule has 1 aliphatic heterocycles. The zero-order valence-corrected chi connectivity index (χ0v) is 11.3. The van der Waals surface area contributed by atoms with Crippen LogP contribution in [0.4, 0.5) is 0 Å². The zero-order chi connectivity index (χ0) is 13.0. The second kappa shape index (κ2) is 6.21. The number of piperidine rings is 1. The normalized spacial score (nSPS) is 25.1. The summed E-state index contributed by atoms with van der Waals surface area (Å²) in [5.41, 5.74) is 1.25. The molecule has 2 rings (SSSR count). The average molecular weight is 249 g/mol. The van der Waals surface area contributed by atoms with E-state index in [1.807, 2.05) is 12.1 Å². The molecule has 2 unspecified atom stereocenters. The molecule has 1 aliphatic rings. The van der Waals surface area contributed by atoms with E-state index in [4.69, 9.17) is 4.74 Å². The first kappa shape index (κ1) is 13.4. The highest BCUT2D eigenvalue weighted by atomic mass is 16.5. The Bertz CT molecular complexity index is 381. The smallest absolute Gasteiger partial charge is 0.119 e. The lowest BCUT2D eigenvalue weighted by atomic mass is 9.88. The number of nitrogens with zero attached hydrogens (tertiary/aromatic N) is 1. The van der Waals surface area contributed by atoms with Crippen LogP contribution in [0.1, 0.15) is 18.9 Å². The van der Waals surface area contributed by atoms with Crippen LogP contribution >= 0.6 is 0 Å². The predicted molar refractivity (Wildman–Crippen MR) is 72.9 cm³/mol. The second-order valence-corrected chi connectivity index (χ2v) is 5.06. The molecule has 18 heavy (non-hydrogen) atoms. The molecule has 0 amide bonds. The van der Waals surface area contributed by atoms with Gasteiger partial charge in [-0.25, -0.2) is 0 Å². The number of aliphatic hydroxyl groups is 1. The van der Waals surface area contributed by atoms with E-state index in [0.29, 0.717) is 5.92 Å². The molecule has 0 bridgehead atoms. The fourth-order valence-electron chi connectivity index (χ4n) is 2.69. The molecule has 0 aromatic heterocycles. The number of hydrogen-bond donors (Lipinski definition) is 1. The van der Waals surface area contributed by atoms with Crippen LogP contribution in [0.15, 0.2) is 24.3 Å². The van der Waals surface area contributed by atoms with Crippen LogP contribution in [-0.2, 0) is 6.42 Å².